The van der Waals surface area contributed by atoms with Crippen molar-refractivity contribution in [2.24, 2.45) is 7.05 Å². The van der Waals surface area contributed by atoms with Gasteiger partial charge in [0.2, 0.25) is 0 Å². The molecule has 0 radical (unpaired) electrons. The lowest BCUT2D eigenvalue weighted by Crippen LogP contribution is -2.21. The van der Waals surface area contributed by atoms with Gasteiger partial charge in [0, 0.05) is 25.6 Å². The summed E-state index contributed by atoms with van der Waals surface area (Å²) in [6.07, 6.45) is 7.26. The average molecular weight is 366 g/mol. The molecule has 0 bridgehead atoms. The SMILES string of the molecule is Cn1cc2ccc(-c3cccc(Cn4c(=O)cnc5ncccc54)c3)cc2c1. The maximum atomic E-state index is 12.4. The Labute approximate surface area is 161 Å². The summed E-state index contributed by atoms with van der Waals surface area (Å²) in [5, 5.41) is 2.44. The molecule has 3 aromatic heterocycles. The van der Waals surface area contributed by atoms with Crippen molar-refractivity contribution in [3.8, 4) is 11.1 Å². The molecule has 5 nitrogen and oxygen atoms in total. The Hall–Kier alpha value is -3.73. The van der Waals surface area contributed by atoms with E-state index < -0.39 is 0 Å². The number of hydrogen-bond donors (Lipinski definition) is 0. The number of nitrogens with zero attached hydrogens (tertiary/aromatic N) is 4. The zero-order valence-corrected chi connectivity index (χ0v) is 15.4. The molecule has 0 unspecified atom stereocenters. The van der Waals surface area contributed by atoms with Crippen molar-refractivity contribution < 1.29 is 0 Å². The van der Waals surface area contributed by atoms with E-state index in [0.29, 0.717) is 12.2 Å². The lowest BCUT2D eigenvalue weighted by atomic mass is 10.0. The van der Waals surface area contributed by atoms with Gasteiger partial charge in [-0.2, -0.15) is 0 Å². The third-order valence-electron chi connectivity index (χ3n) is 4.99. The fourth-order valence-corrected chi connectivity index (χ4v) is 3.66. The Morgan fingerprint density at radius 2 is 1.75 bits per heavy atom. The van der Waals surface area contributed by atoms with Crippen LogP contribution >= 0.6 is 0 Å². The van der Waals surface area contributed by atoms with Crippen LogP contribution in [0.15, 0.2) is 84.2 Å². The van der Waals surface area contributed by atoms with Crippen molar-refractivity contribution >= 4 is 21.9 Å². The third-order valence-corrected chi connectivity index (χ3v) is 4.99. The van der Waals surface area contributed by atoms with Crippen LogP contribution in [-0.2, 0) is 13.6 Å². The molecule has 0 amide bonds. The van der Waals surface area contributed by atoms with Gasteiger partial charge in [0.1, 0.15) is 0 Å². The van der Waals surface area contributed by atoms with Crippen molar-refractivity contribution in [3.63, 3.8) is 0 Å². The summed E-state index contributed by atoms with van der Waals surface area (Å²) in [6, 6.07) is 18.5. The Morgan fingerprint density at radius 3 is 2.68 bits per heavy atom. The standard InChI is InChI=1S/C23H18N4O/c1-26-14-19-8-7-18(11-20(19)15-26)17-5-2-4-16(10-17)13-27-21-6-3-9-24-23(21)25-12-22(27)28/h2-12,14-15H,13H2,1H3. The summed E-state index contributed by atoms with van der Waals surface area (Å²) < 4.78 is 3.79. The van der Waals surface area contributed by atoms with E-state index in [-0.39, 0.29) is 5.56 Å². The molecule has 0 aliphatic rings. The molecule has 0 aliphatic carbocycles. The van der Waals surface area contributed by atoms with E-state index in [9.17, 15) is 4.79 Å². The van der Waals surface area contributed by atoms with Crippen LogP contribution in [0.2, 0.25) is 0 Å². The van der Waals surface area contributed by atoms with Crippen molar-refractivity contribution in [3.05, 3.63) is 95.3 Å². The lowest BCUT2D eigenvalue weighted by Gasteiger charge is -2.10. The molecule has 5 aromatic rings. The molecular formula is C23H18N4O. The van der Waals surface area contributed by atoms with Crippen LogP contribution < -0.4 is 5.56 Å². The van der Waals surface area contributed by atoms with Gasteiger partial charge < -0.3 is 4.57 Å². The van der Waals surface area contributed by atoms with Crippen molar-refractivity contribution in [2.75, 3.05) is 0 Å². The minimum atomic E-state index is -0.128. The molecule has 136 valence electrons. The van der Waals surface area contributed by atoms with Gasteiger partial charge in [-0.3, -0.25) is 9.36 Å². The summed E-state index contributed by atoms with van der Waals surface area (Å²) in [6.45, 7) is 0.477. The van der Waals surface area contributed by atoms with Crippen molar-refractivity contribution in [1.29, 1.82) is 0 Å². The summed E-state index contributed by atoms with van der Waals surface area (Å²) in [5.74, 6) is 0. The molecule has 0 N–H and O–H groups in total. The normalized spacial score (nSPS) is 11.3. The van der Waals surface area contributed by atoms with Crippen LogP contribution in [0.3, 0.4) is 0 Å². The van der Waals surface area contributed by atoms with Gasteiger partial charge in [-0.25, -0.2) is 9.97 Å². The third kappa shape index (κ3) is 2.87. The van der Waals surface area contributed by atoms with Gasteiger partial charge in [-0.1, -0.05) is 30.3 Å². The van der Waals surface area contributed by atoms with Crippen molar-refractivity contribution in [1.82, 2.24) is 19.1 Å². The maximum absolute atomic E-state index is 12.4. The second-order valence-corrected chi connectivity index (χ2v) is 7.00. The summed E-state index contributed by atoms with van der Waals surface area (Å²) in [4.78, 5) is 20.8. The predicted octanol–water partition coefficient (Wildman–Crippen LogP) is 4.00. The molecule has 5 rings (SSSR count). The molecular weight excluding hydrogens is 348 g/mol. The van der Waals surface area contributed by atoms with E-state index in [1.807, 2.05) is 31.3 Å². The Bertz CT molecular complexity index is 1380. The first-order valence-corrected chi connectivity index (χ1v) is 9.13. The summed E-state index contributed by atoms with van der Waals surface area (Å²) >= 11 is 0. The Morgan fingerprint density at radius 1 is 0.893 bits per heavy atom. The molecule has 0 spiro atoms. The minimum Gasteiger partial charge on any atom is -0.356 e. The summed E-state index contributed by atoms with van der Waals surface area (Å²) in [5.41, 5.74) is 4.54. The van der Waals surface area contributed by atoms with Gasteiger partial charge in [-0.15, -0.1) is 0 Å². The van der Waals surface area contributed by atoms with Crippen LogP contribution in [0.25, 0.3) is 33.1 Å². The first-order chi connectivity index (χ1) is 13.7. The minimum absolute atomic E-state index is 0.128. The highest BCUT2D eigenvalue weighted by molar-refractivity contribution is 5.87. The predicted molar refractivity (Wildman–Crippen MR) is 111 cm³/mol. The highest BCUT2D eigenvalue weighted by Crippen LogP contribution is 2.26. The van der Waals surface area contributed by atoms with E-state index in [0.717, 1.165) is 22.2 Å². The Balaban J connectivity index is 1.56. The van der Waals surface area contributed by atoms with Crippen molar-refractivity contribution in [2.45, 2.75) is 6.54 Å². The van der Waals surface area contributed by atoms with Crippen LogP contribution in [0, 0.1) is 0 Å². The quantitative estimate of drug-likeness (QED) is 0.485. The molecule has 5 heteroatoms. The topological polar surface area (TPSA) is 52.7 Å². The molecule has 0 aliphatic heterocycles. The molecule has 0 atom stereocenters. The highest BCUT2D eigenvalue weighted by Gasteiger charge is 2.07. The van der Waals surface area contributed by atoms with E-state index in [4.69, 9.17) is 0 Å². The van der Waals surface area contributed by atoms with Gasteiger partial charge in [0.15, 0.2) is 5.65 Å². The number of rotatable bonds is 3. The van der Waals surface area contributed by atoms with Gasteiger partial charge in [0.25, 0.3) is 5.56 Å². The molecule has 2 aromatic carbocycles. The fourth-order valence-electron chi connectivity index (χ4n) is 3.66. The average Bonchev–Trinajstić information content (AvgIpc) is 3.09. The van der Waals surface area contributed by atoms with E-state index >= 15 is 0 Å². The number of fused-ring (bicyclic) bond motifs is 2. The molecule has 0 fully saturated rings. The number of aromatic nitrogens is 4. The maximum Gasteiger partial charge on any atom is 0.269 e. The van der Waals surface area contributed by atoms with Gasteiger partial charge >= 0.3 is 0 Å². The first kappa shape index (κ1) is 16.4. The van der Waals surface area contributed by atoms with Gasteiger partial charge in [-0.05, 0) is 51.7 Å². The zero-order valence-electron chi connectivity index (χ0n) is 15.4. The number of benzene rings is 2. The highest BCUT2D eigenvalue weighted by atomic mass is 16.1. The number of hydrogen-bond acceptors (Lipinski definition) is 3. The molecule has 0 saturated heterocycles. The molecule has 0 saturated carbocycles. The van der Waals surface area contributed by atoms with Gasteiger partial charge in [0.05, 0.1) is 18.3 Å². The van der Waals surface area contributed by atoms with E-state index in [2.05, 4.69) is 57.3 Å². The largest absolute Gasteiger partial charge is 0.356 e. The van der Waals surface area contributed by atoms with Crippen LogP contribution in [0.4, 0.5) is 0 Å². The number of pyridine rings is 1. The molecule has 28 heavy (non-hydrogen) atoms. The van der Waals surface area contributed by atoms with Crippen LogP contribution in [-0.4, -0.2) is 19.1 Å². The fraction of sp³-hybridized carbons (Fsp3) is 0.0870. The van der Waals surface area contributed by atoms with E-state index in [1.165, 1.54) is 17.0 Å². The Kier molecular flexibility index (Phi) is 3.79. The second kappa shape index (κ2) is 6.46. The lowest BCUT2D eigenvalue weighted by molar-refractivity contribution is 0.784. The summed E-state index contributed by atoms with van der Waals surface area (Å²) in [7, 11) is 2.03. The monoisotopic (exact) mass is 366 g/mol. The number of aryl methyl sites for hydroxylation is 1. The first-order valence-electron chi connectivity index (χ1n) is 9.13. The molecule has 3 heterocycles. The van der Waals surface area contributed by atoms with Crippen LogP contribution in [0.1, 0.15) is 5.56 Å². The zero-order chi connectivity index (χ0) is 19.1. The second-order valence-electron chi connectivity index (χ2n) is 7.00. The van der Waals surface area contributed by atoms with E-state index in [1.54, 1.807) is 10.8 Å². The van der Waals surface area contributed by atoms with Crippen LogP contribution in [0.5, 0.6) is 0 Å². The smallest absolute Gasteiger partial charge is 0.269 e.